The van der Waals surface area contributed by atoms with Crippen molar-refractivity contribution in [1.82, 2.24) is 9.71 Å². The Morgan fingerprint density at radius 2 is 1.75 bits per heavy atom. The number of aromatic nitrogens is 1. The topological polar surface area (TPSA) is 97.4 Å². The summed E-state index contributed by atoms with van der Waals surface area (Å²) in [6.07, 6.45) is 0. The quantitative estimate of drug-likeness (QED) is 0.296. The Labute approximate surface area is 215 Å². The second kappa shape index (κ2) is 11.1. The molecule has 3 aromatic carbocycles. The summed E-state index contributed by atoms with van der Waals surface area (Å²) in [4.78, 5) is 17.6. The van der Waals surface area contributed by atoms with Gasteiger partial charge in [0.2, 0.25) is 15.9 Å². The first kappa shape index (κ1) is 25.7. The Hall–Kier alpha value is -3.40. The monoisotopic (exact) mass is 521 g/mol. The van der Waals surface area contributed by atoms with Crippen LogP contribution in [0.4, 0.5) is 5.69 Å². The normalized spacial score (nSPS) is 12.3. The van der Waals surface area contributed by atoms with E-state index >= 15 is 0 Å². The number of carbonyl (C=O) groups is 1. The summed E-state index contributed by atoms with van der Waals surface area (Å²) < 4.78 is 33.2. The molecular weight excluding hydrogens is 494 g/mol. The number of ether oxygens (including phenoxy) is 1. The zero-order valence-electron chi connectivity index (χ0n) is 20.2. The number of aryl methyl sites for hydroxylation is 1. The van der Waals surface area contributed by atoms with Crippen molar-refractivity contribution in [2.75, 3.05) is 12.4 Å². The number of hydrogen-bond acceptors (Lipinski definition) is 6. The van der Waals surface area contributed by atoms with Gasteiger partial charge in [0.15, 0.2) is 0 Å². The van der Waals surface area contributed by atoms with Gasteiger partial charge in [-0.25, -0.2) is 18.1 Å². The number of rotatable bonds is 9. The van der Waals surface area contributed by atoms with Gasteiger partial charge >= 0.3 is 0 Å². The van der Waals surface area contributed by atoms with E-state index in [-0.39, 0.29) is 17.3 Å². The number of benzene rings is 3. The third kappa shape index (κ3) is 6.04. The number of hydrogen-bond donors (Lipinski definition) is 2. The van der Waals surface area contributed by atoms with Gasteiger partial charge in [-0.15, -0.1) is 0 Å². The first-order valence-electron chi connectivity index (χ1n) is 11.3. The number of para-hydroxylation sites is 1. The Morgan fingerprint density at radius 3 is 2.44 bits per heavy atom. The van der Waals surface area contributed by atoms with Gasteiger partial charge in [0.25, 0.3) is 0 Å². The van der Waals surface area contributed by atoms with Gasteiger partial charge in [-0.1, -0.05) is 54.2 Å². The van der Waals surface area contributed by atoms with E-state index < -0.39 is 15.3 Å². The number of methoxy groups -OCH3 is 1. The minimum absolute atomic E-state index is 0.128. The fourth-order valence-corrected chi connectivity index (χ4v) is 5.57. The van der Waals surface area contributed by atoms with Crippen molar-refractivity contribution in [1.29, 1.82) is 0 Å². The molecule has 0 fully saturated rings. The van der Waals surface area contributed by atoms with E-state index in [0.717, 1.165) is 27.1 Å². The van der Waals surface area contributed by atoms with Crippen LogP contribution in [-0.2, 0) is 21.4 Å². The number of carbonyl (C=O) groups excluding carboxylic acids is 1. The van der Waals surface area contributed by atoms with Crippen LogP contribution in [-0.4, -0.2) is 31.7 Å². The molecule has 0 spiro atoms. The van der Waals surface area contributed by atoms with E-state index in [1.807, 2.05) is 61.5 Å². The molecule has 1 heterocycles. The maximum atomic E-state index is 12.8. The fourth-order valence-electron chi connectivity index (χ4n) is 3.64. The van der Waals surface area contributed by atoms with E-state index in [2.05, 4.69) is 10.0 Å². The van der Waals surface area contributed by atoms with Gasteiger partial charge in [-0.3, -0.25) is 4.79 Å². The van der Waals surface area contributed by atoms with Crippen LogP contribution in [0.5, 0.6) is 5.75 Å². The summed E-state index contributed by atoms with van der Waals surface area (Å²) in [6.45, 7) is 4.00. The Morgan fingerprint density at radius 1 is 1.03 bits per heavy atom. The number of anilines is 1. The third-order valence-electron chi connectivity index (χ3n) is 5.61. The minimum atomic E-state index is -3.67. The second-order valence-electron chi connectivity index (χ2n) is 8.22. The zero-order valence-corrected chi connectivity index (χ0v) is 21.8. The molecule has 4 rings (SSSR count). The van der Waals surface area contributed by atoms with Crippen molar-refractivity contribution in [2.45, 2.75) is 35.6 Å². The van der Waals surface area contributed by atoms with Gasteiger partial charge in [0.05, 0.1) is 22.3 Å². The fraction of sp³-hybridized carbons (Fsp3) is 0.185. The van der Waals surface area contributed by atoms with Gasteiger partial charge in [-0.05, 0) is 61.4 Å². The van der Waals surface area contributed by atoms with Crippen molar-refractivity contribution >= 4 is 44.3 Å². The van der Waals surface area contributed by atoms with Crippen molar-refractivity contribution in [2.24, 2.45) is 0 Å². The molecule has 0 bridgehead atoms. The van der Waals surface area contributed by atoms with E-state index in [1.165, 1.54) is 23.9 Å². The van der Waals surface area contributed by atoms with Crippen LogP contribution in [0.2, 0.25) is 0 Å². The Bertz CT molecular complexity index is 1470. The summed E-state index contributed by atoms with van der Waals surface area (Å²) in [5, 5.41) is 4.14. The highest BCUT2D eigenvalue weighted by molar-refractivity contribution is 8.00. The Balaban J connectivity index is 1.40. The average molecular weight is 522 g/mol. The lowest BCUT2D eigenvalue weighted by Gasteiger charge is -2.14. The molecule has 0 aliphatic rings. The van der Waals surface area contributed by atoms with E-state index in [0.29, 0.717) is 11.4 Å². The zero-order chi connectivity index (χ0) is 25.7. The lowest BCUT2D eigenvalue weighted by atomic mass is 10.1. The van der Waals surface area contributed by atoms with Crippen LogP contribution >= 0.6 is 11.8 Å². The molecule has 2 N–H and O–H groups in total. The van der Waals surface area contributed by atoms with E-state index in [1.54, 1.807) is 26.2 Å². The molecule has 0 saturated carbocycles. The highest BCUT2D eigenvalue weighted by atomic mass is 32.2. The molecule has 1 amide bonds. The molecular formula is C27H27N3O4S2. The lowest BCUT2D eigenvalue weighted by Crippen LogP contribution is -2.24. The highest BCUT2D eigenvalue weighted by Gasteiger charge is 2.18. The molecule has 0 saturated heterocycles. The third-order valence-corrected chi connectivity index (χ3v) is 8.05. The maximum absolute atomic E-state index is 12.8. The molecule has 36 heavy (non-hydrogen) atoms. The molecule has 1 atom stereocenters. The van der Waals surface area contributed by atoms with Crippen molar-refractivity contribution in [3.05, 3.63) is 90.0 Å². The van der Waals surface area contributed by atoms with Crippen LogP contribution in [0.3, 0.4) is 0 Å². The van der Waals surface area contributed by atoms with Gasteiger partial charge < -0.3 is 10.1 Å². The van der Waals surface area contributed by atoms with Gasteiger partial charge in [-0.2, -0.15) is 0 Å². The molecule has 0 radical (unpaired) electrons. The van der Waals surface area contributed by atoms with Crippen LogP contribution in [0.1, 0.15) is 18.1 Å². The number of amides is 1. The molecule has 4 aromatic rings. The molecule has 7 nitrogen and oxygen atoms in total. The number of fused-ring (bicyclic) bond motifs is 1. The number of nitrogens with zero attached hydrogens (tertiary/aromatic N) is 1. The van der Waals surface area contributed by atoms with E-state index in [4.69, 9.17) is 9.72 Å². The predicted molar refractivity (Wildman–Crippen MR) is 144 cm³/mol. The lowest BCUT2D eigenvalue weighted by molar-refractivity contribution is -0.115. The van der Waals surface area contributed by atoms with Crippen molar-refractivity contribution in [3.63, 3.8) is 0 Å². The van der Waals surface area contributed by atoms with Crippen LogP contribution in [0.25, 0.3) is 10.9 Å². The number of pyridine rings is 1. The summed E-state index contributed by atoms with van der Waals surface area (Å²) >= 11 is 1.35. The van der Waals surface area contributed by atoms with Gasteiger partial charge in [0.1, 0.15) is 11.3 Å². The number of sulfonamides is 1. The summed E-state index contributed by atoms with van der Waals surface area (Å²) in [5.74, 6) is 0.473. The average Bonchev–Trinajstić information content (AvgIpc) is 2.88. The first-order chi connectivity index (χ1) is 17.3. The van der Waals surface area contributed by atoms with Crippen LogP contribution in [0, 0.1) is 6.92 Å². The SMILES string of the molecule is COc1cccc2c(C)cc(SC(C)C(=O)Nc3ccc(S(=O)(=O)NCc4ccccc4)cc3)nc12. The Kier molecular flexibility index (Phi) is 7.93. The van der Waals surface area contributed by atoms with Crippen molar-refractivity contribution in [3.8, 4) is 5.75 Å². The summed E-state index contributed by atoms with van der Waals surface area (Å²) in [7, 11) is -2.07. The molecule has 0 aliphatic carbocycles. The molecule has 186 valence electrons. The second-order valence-corrected chi connectivity index (χ2v) is 11.3. The summed E-state index contributed by atoms with van der Waals surface area (Å²) in [5.41, 5.74) is 3.18. The molecule has 0 aliphatic heterocycles. The smallest absolute Gasteiger partial charge is 0.240 e. The maximum Gasteiger partial charge on any atom is 0.240 e. The van der Waals surface area contributed by atoms with Crippen molar-refractivity contribution < 1.29 is 17.9 Å². The number of nitrogens with one attached hydrogen (secondary N) is 2. The summed E-state index contributed by atoms with van der Waals surface area (Å²) in [6, 6.07) is 23.1. The standard InChI is InChI=1S/C27H27N3O4S2/c1-18-16-25(30-26-23(18)10-7-11-24(26)34-3)35-19(2)27(31)29-21-12-14-22(15-13-21)36(32,33)28-17-20-8-5-4-6-9-20/h4-16,19,28H,17H2,1-3H3,(H,29,31). The number of thioether (sulfide) groups is 1. The minimum Gasteiger partial charge on any atom is -0.494 e. The van der Waals surface area contributed by atoms with E-state index in [9.17, 15) is 13.2 Å². The first-order valence-corrected chi connectivity index (χ1v) is 13.7. The van der Waals surface area contributed by atoms with Crippen LogP contribution < -0.4 is 14.8 Å². The molecule has 1 unspecified atom stereocenters. The van der Waals surface area contributed by atoms with Gasteiger partial charge in [0, 0.05) is 17.6 Å². The molecule has 9 heteroatoms. The molecule has 1 aromatic heterocycles. The predicted octanol–water partition coefficient (Wildman–Crippen LogP) is 5.15. The largest absolute Gasteiger partial charge is 0.494 e. The van der Waals surface area contributed by atoms with Crippen LogP contribution in [0.15, 0.2) is 88.8 Å². The highest BCUT2D eigenvalue weighted by Crippen LogP contribution is 2.31.